The van der Waals surface area contributed by atoms with Crippen LogP contribution in [0.1, 0.15) is 0 Å². The first-order chi connectivity index (χ1) is 6.31. The molecule has 0 saturated carbocycles. The Balaban J connectivity index is 2.23. The average Bonchev–Trinajstić information content (AvgIpc) is 2.59. The van der Waals surface area contributed by atoms with Crippen LogP contribution in [0.15, 0.2) is 29.2 Å². The van der Waals surface area contributed by atoms with Gasteiger partial charge in [-0.2, -0.15) is 0 Å². The molecule has 0 aromatic heterocycles. The minimum absolute atomic E-state index is 0.358. The van der Waals surface area contributed by atoms with Crippen LogP contribution in [0.25, 0.3) is 0 Å². The monoisotopic (exact) mass is 193 g/mol. The molecule has 0 spiro atoms. The van der Waals surface area contributed by atoms with Crippen molar-refractivity contribution < 1.29 is 9.59 Å². The fraction of sp³-hybridized carbons (Fsp3) is 0.111. The molecular weight excluding hydrogens is 186 g/mol. The van der Waals surface area contributed by atoms with E-state index in [4.69, 9.17) is 0 Å². The van der Waals surface area contributed by atoms with Gasteiger partial charge in [0.1, 0.15) is 5.37 Å². The van der Waals surface area contributed by atoms with Crippen molar-refractivity contribution in [3.05, 3.63) is 24.3 Å². The van der Waals surface area contributed by atoms with Gasteiger partial charge in [-0.05, 0) is 12.1 Å². The third-order valence-corrected chi connectivity index (χ3v) is 2.99. The number of thioether (sulfide) groups is 1. The number of aldehydes is 1. The first-order valence-electron chi connectivity index (χ1n) is 3.82. The number of benzene rings is 1. The summed E-state index contributed by atoms with van der Waals surface area (Å²) in [4.78, 5) is 22.3. The minimum Gasteiger partial charge on any atom is -0.366 e. The number of para-hydroxylation sites is 1. The molecule has 0 saturated heterocycles. The van der Waals surface area contributed by atoms with Crippen molar-refractivity contribution in [2.45, 2.75) is 10.3 Å². The Morgan fingerprint density at radius 1 is 1.46 bits per heavy atom. The summed E-state index contributed by atoms with van der Waals surface area (Å²) in [7, 11) is 0. The smallest absolute Gasteiger partial charge is 0.227 e. The Bertz CT molecular complexity index is 339. The first-order valence-corrected chi connectivity index (χ1v) is 4.70. The van der Waals surface area contributed by atoms with Crippen LogP contribution in [0.2, 0.25) is 0 Å². The molecule has 4 heteroatoms. The van der Waals surface area contributed by atoms with E-state index in [0.29, 0.717) is 6.29 Å². The van der Waals surface area contributed by atoms with Crippen LogP contribution < -0.4 is 5.32 Å². The van der Waals surface area contributed by atoms with Crippen LogP contribution in [-0.2, 0) is 9.59 Å². The molecule has 1 atom stereocenters. The molecule has 1 N–H and O–H groups in total. The lowest BCUT2D eigenvalue weighted by molar-refractivity contribution is -0.129. The van der Waals surface area contributed by atoms with Gasteiger partial charge in [0.15, 0.2) is 6.29 Å². The van der Waals surface area contributed by atoms with Crippen molar-refractivity contribution in [2.24, 2.45) is 0 Å². The van der Waals surface area contributed by atoms with Gasteiger partial charge in [0.25, 0.3) is 0 Å². The highest BCUT2D eigenvalue weighted by molar-refractivity contribution is 8.01. The standard InChI is InChI=1S/C9H7NO2S/c11-5-7(12)9-10-6-3-1-2-4-8(6)13-9/h1-5,9-10H. The van der Waals surface area contributed by atoms with Gasteiger partial charge in [0, 0.05) is 10.6 Å². The summed E-state index contributed by atoms with van der Waals surface area (Å²) in [5.74, 6) is -0.416. The summed E-state index contributed by atoms with van der Waals surface area (Å²) in [6.45, 7) is 0. The number of rotatable bonds is 2. The quantitative estimate of drug-likeness (QED) is 0.568. The highest BCUT2D eigenvalue weighted by atomic mass is 32.2. The molecule has 0 radical (unpaired) electrons. The Hall–Kier alpha value is -1.29. The predicted octanol–water partition coefficient (Wildman–Crippen LogP) is 1.30. The van der Waals surface area contributed by atoms with Gasteiger partial charge in [-0.25, -0.2) is 0 Å². The van der Waals surface area contributed by atoms with Crippen LogP contribution in [0, 0.1) is 0 Å². The van der Waals surface area contributed by atoms with E-state index in [-0.39, 0.29) is 0 Å². The summed E-state index contributed by atoms with van der Waals surface area (Å²) in [6.07, 6.45) is 0.358. The van der Waals surface area contributed by atoms with Crippen molar-refractivity contribution in [3.8, 4) is 0 Å². The third kappa shape index (κ3) is 1.45. The molecule has 3 nitrogen and oxygen atoms in total. The largest absolute Gasteiger partial charge is 0.366 e. The van der Waals surface area contributed by atoms with E-state index >= 15 is 0 Å². The van der Waals surface area contributed by atoms with E-state index in [1.54, 1.807) is 0 Å². The minimum atomic E-state index is -0.435. The second-order valence-corrected chi connectivity index (χ2v) is 3.81. The van der Waals surface area contributed by atoms with Crippen LogP contribution >= 0.6 is 11.8 Å². The second kappa shape index (κ2) is 3.22. The van der Waals surface area contributed by atoms with E-state index in [0.717, 1.165) is 10.6 Å². The second-order valence-electron chi connectivity index (χ2n) is 2.66. The summed E-state index contributed by atoms with van der Waals surface area (Å²) in [5, 5.41) is 2.53. The van der Waals surface area contributed by atoms with Gasteiger partial charge in [0.05, 0.1) is 0 Å². The van der Waals surface area contributed by atoms with E-state index in [9.17, 15) is 9.59 Å². The van der Waals surface area contributed by atoms with Crippen LogP contribution in [0.3, 0.4) is 0 Å². The van der Waals surface area contributed by atoms with Gasteiger partial charge in [0.2, 0.25) is 5.78 Å². The Morgan fingerprint density at radius 2 is 2.23 bits per heavy atom. The molecule has 1 aliphatic heterocycles. The molecule has 13 heavy (non-hydrogen) atoms. The van der Waals surface area contributed by atoms with Gasteiger partial charge in [-0.1, -0.05) is 23.9 Å². The van der Waals surface area contributed by atoms with Crippen molar-refractivity contribution in [3.63, 3.8) is 0 Å². The maximum absolute atomic E-state index is 11.0. The van der Waals surface area contributed by atoms with E-state index in [2.05, 4.69) is 5.32 Å². The van der Waals surface area contributed by atoms with E-state index < -0.39 is 11.2 Å². The zero-order valence-corrected chi connectivity index (χ0v) is 7.51. The Morgan fingerprint density at radius 3 is 2.92 bits per heavy atom. The van der Waals surface area contributed by atoms with Crippen molar-refractivity contribution >= 4 is 29.5 Å². The topological polar surface area (TPSA) is 46.2 Å². The van der Waals surface area contributed by atoms with Crippen LogP contribution in [0.5, 0.6) is 0 Å². The molecule has 0 bridgehead atoms. The van der Waals surface area contributed by atoms with Gasteiger partial charge < -0.3 is 5.32 Å². The number of carbonyl (C=O) groups is 2. The summed E-state index contributed by atoms with van der Waals surface area (Å²) >= 11 is 1.38. The molecule has 0 fully saturated rings. The number of Topliss-reactive ketones (excluding diaryl/α,β-unsaturated/α-hetero) is 1. The van der Waals surface area contributed by atoms with Crippen molar-refractivity contribution in [2.75, 3.05) is 5.32 Å². The zero-order chi connectivity index (χ0) is 9.26. The fourth-order valence-electron chi connectivity index (χ4n) is 1.18. The highest BCUT2D eigenvalue weighted by Gasteiger charge is 2.26. The molecule has 1 aromatic carbocycles. The van der Waals surface area contributed by atoms with Gasteiger partial charge >= 0.3 is 0 Å². The fourth-order valence-corrected chi connectivity index (χ4v) is 2.20. The normalized spacial score (nSPS) is 18.9. The van der Waals surface area contributed by atoms with Crippen LogP contribution in [-0.4, -0.2) is 17.4 Å². The highest BCUT2D eigenvalue weighted by Crippen LogP contribution is 2.37. The first kappa shape index (κ1) is 8.31. The molecule has 1 aromatic rings. The van der Waals surface area contributed by atoms with Gasteiger partial charge in [-0.15, -0.1) is 0 Å². The number of hydrogen-bond donors (Lipinski definition) is 1. The SMILES string of the molecule is O=CC(=O)C1Nc2ccccc2S1. The van der Waals surface area contributed by atoms with E-state index in [1.807, 2.05) is 24.3 Å². The summed E-state index contributed by atoms with van der Waals surface area (Å²) in [6, 6.07) is 7.60. The summed E-state index contributed by atoms with van der Waals surface area (Å²) < 4.78 is 0. The molecule has 1 aliphatic rings. The number of carbonyl (C=O) groups excluding carboxylic acids is 2. The zero-order valence-electron chi connectivity index (χ0n) is 6.69. The molecule has 0 amide bonds. The molecule has 1 heterocycles. The number of anilines is 1. The third-order valence-electron chi connectivity index (χ3n) is 1.79. The lowest BCUT2D eigenvalue weighted by Gasteiger charge is -2.02. The van der Waals surface area contributed by atoms with Crippen LogP contribution in [0.4, 0.5) is 5.69 Å². The van der Waals surface area contributed by atoms with Gasteiger partial charge in [-0.3, -0.25) is 9.59 Å². The number of ketones is 1. The molecule has 1 unspecified atom stereocenters. The number of fused-ring (bicyclic) bond motifs is 1. The molecule has 0 aliphatic carbocycles. The summed E-state index contributed by atoms with van der Waals surface area (Å²) in [5.41, 5.74) is 0.924. The Labute approximate surface area is 79.5 Å². The average molecular weight is 193 g/mol. The molecule has 66 valence electrons. The lowest BCUT2D eigenvalue weighted by atomic mass is 10.3. The lowest BCUT2D eigenvalue weighted by Crippen LogP contribution is -2.23. The van der Waals surface area contributed by atoms with Crippen molar-refractivity contribution in [1.82, 2.24) is 0 Å². The number of nitrogens with one attached hydrogen (secondary N) is 1. The maximum atomic E-state index is 11.0. The predicted molar refractivity (Wildman–Crippen MR) is 50.8 cm³/mol. The maximum Gasteiger partial charge on any atom is 0.227 e. The van der Waals surface area contributed by atoms with E-state index in [1.165, 1.54) is 11.8 Å². The van der Waals surface area contributed by atoms with Crippen molar-refractivity contribution in [1.29, 1.82) is 0 Å². The Kier molecular flexibility index (Phi) is 2.06. The molecule has 2 rings (SSSR count). The molecular formula is C9H7NO2S. The number of hydrogen-bond acceptors (Lipinski definition) is 4.